The molecular weight excluding hydrogens is 306 g/mol. The Balaban J connectivity index is 1.49. The van der Waals surface area contributed by atoms with Gasteiger partial charge in [-0.25, -0.2) is 14.6 Å². The summed E-state index contributed by atoms with van der Waals surface area (Å²) in [5, 5.41) is 7.07. The monoisotopic (exact) mass is 325 g/mol. The van der Waals surface area contributed by atoms with Crippen LogP contribution in [0.25, 0.3) is 11.1 Å². The summed E-state index contributed by atoms with van der Waals surface area (Å²) in [4.78, 5) is 20.9. The number of aromatic nitrogens is 4. The molecule has 1 amide bonds. The Bertz CT molecular complexity index is 876. The van der Waals surface area contributed by atoms with E-state index >= 15 is 0 Å². The van der Waals surface area contributed by atoms with Crippen LogP contribution in [0.3, 0.4) is 0 Å². The number of nitrogens with zero attached hydrogens (tertiary/aromatic N) is 4. The zero-order chi connectivity index (χ0) is 16.5. The first kappa shape index (κ1) is 14.9. The molecule has 124 valence electrons. The second-order valence-electron chi connectivity index (χ2n) is 6.24. The summed E-state index contributed by atoms with van der Waals surface area (Å²) in [6.07, 6.45) is 7.65. The highest BCUT2D eigenvalue weighted by Crippen LogP contribution is 2.27. The van der Waals surface area contributed by atoms with Gasteiger partial charge in [0.2, 0.25) is 5.95 Å². The number of rotatable bonds is 3. The maximum Gasteiger partial charge on any atom is 0.293 e. The lowest BCUT2D eigenvalue weighted by Crippen LogP contribution is -2.15. The van der Waals surface area contributed by atoms with Gasteiger partial charge in [0.15, 0.2) is 11.3 Å². The lowest BCUT2D eigenvalue weighted by molar-refractivity contribution is 0.0997. The molecular formula is C17H19N5O2. The zero-order valence-corrected chi connectivity index (χ0v) is 13.5. The van der Waals surface area contributed by atoms with Crippen molar-refractivity contribution in [2.75, 3.05) is 5.32 Å². The molecule has 3 aromatic heterocycles. The molecule has 7 heteroatoms. The molecule has 0 unspecified atom stereocenters. The Kier molecular flexibility index (Phi) is 3.76. The fraction of sp³-hybridized carbons (Fsp3) is 0.412. The Labute approximate surface area is 139 Å². The van der Waals surface area contributed by atoms with Gasteiger partial charge in [-0.15, -0.1) is 5.10 Å². The van der Waals surface area contributed by atoms with Gasteiger partial charge in [-0.05, 0) is 31.9 Å². The van der Waals surface area contributed by atoms with E-state index in [0.29, 0.717) is 23.1 Å². The first-order valence-corrected chi connectivity index (χ1v) is 8.29. The Morgan fingerprint density at radius 3 is 2.96 bits per heavy atom. The topological polar surface area (TPSA) is 85.8 Å². The Morgan fingerprint density at radius 2 is 2.12 bits per heavy atom. The van der Waals surface area contributed by atoms with Crippen molar-refractivity contribution in [3.63, 3.8) is 0 Å². The number of nitrogens with one attached hydrogen (secondary N) is 1. The summed E-state index contributed by atoms with van der Waals surface area (Å²) in [5.74, 6) is 0.138. The van der Waals surface area contributed by atoms with Crippen LogP contribution in [-0.4, -0.2) is 25.7 Å². The number of pyridine rings is 1. The van der Waals surface area contributed by atoms with Crippen LogP contribution in [-0.2, 0) is 0 Å². The molecule has 0 atom stereocenters. The van der Waals surface area contributed by atoms with E-state index in [1.54, 1.807) is 12.4 Å². The van der Waals surface area contributed by atoms with Crippen molar-refractivity contribution in [2.24, 2.45) is 0 Å². The summed E-state index contributed by atoms with van der Waals surface area (Å²) in [6.45, 7) is 1.90. The number of furan rings is 1. The van der Waals surface area contributed by atoms with Crippen molar-refractivity contribution in [3.05, 3.63) is 36.0 Å². The minimum Gasteiger partial charge on any atom is -0.449 e. The second-order valence-corrected chi connectivity index (χ2v) is 6.24. The van der Waals surface area contributed by atoms with Gasteiger partial charge >= 0.3 is 0 Å². The molecule has 4 rings (SSSR count). The Hall–Kier alpha value is -2.70. The first-order valence-electron chi connectivity index (χ1n) is 8.29. The number of anilines is 1. The lowest BCUT2D eigenvalue weighted by atomic mass is 9.96. The highest BCUT2D eigenvalue weighted by Gasteiger charge is 2.19. The lowest BCUT2D eigenvalue weighted by Gasteiger charge is -2.20. The maximum absolute atomic E-state index is 12.3. The van der Waals surface area contributed by atoms with E-state index in [9.17, 15) is 4.79 Å². The van der Waals surface area contributed by atoms with Gasteiger partial charge in [-0.1, -0.05) is 19.3 Å². The van der Waals surface area contributed by atoms with Gasteiger partial charge < -0.3 is 4.42 Å². The van der Waals surface area contributed by atoms with Gasteiger partial charge in [0.1, 0.15) is 11.8 Å². The van der Waals surface area contributed by atoms with E-state index in [2.05, 4.69) is 20.4 Å². The SMILES string of the molecule is Cc1ccc2oc(C(=O)Nc3ncn(C4CCCCC4)n3)cc2n1. The summed E-state index contributed by atoms with van der Waals surface area (Å²) in [7, 11) is 0. The molecule has 7 nitrogen and oxygen atoms in total. The number of carbonyl (C=O) groups excluding carboxylic acids is 1. The predicted molar refractivity (Wildman–Crippen MR) is 88.8 cm³/mol. The summed E-state index contributed by atoms with van der Waals surface area (Å²) < 4.78 is 7.40. The number of aryl methyl sites for hydroxylation is 1. The summed E-state index contributed by atoms with van der Waals surface area (Å²) in [5.41, 5.74) is 2.13. The molecule has 0 radical (unpaired) electrons. The fourth-order valence-electron chi connectivity index (χ4n) is 3.15. The summed E-state index contributed by atoms with van der Waals surface area (Å²) in [6, 6.07) is 5.68. The highest BCUT2D eigenvalue weighted by atomic mass is 16.3. The number of hydrogen-bond acceptors (Lipinski definition) is 5. The van der Waals surface area contributed by atoms with Gasteiger partial charge in [-0.2, -0.15) is 0 Å². The molecule has 1 N–H and O–H groups in total. The maximum atomic E-state index is 12.3. The van der Waals surface area contributed by atoms with Crippen LogP contribution < -0.4 is 5.32 Å². The molecule has 0 spiro atoms. The minimum atomic E-state index is -0.368. The van der Waals surface area contributed by atoms with Gasteiger partial charge in [0, 0.05) is 11.8 Å². The van der Waals surface area contributed by atoms with Crippen molar-refractivity contribution in [2.45, 2.75) is 45.1 Å². The van der Waals surface area contributed by atoms with Crippen molar-refractivity contribution in [1.82, 2.24) is 19.7 Å². The molecule has 0 saturated heterocycles. The number of carbonyl (C=O) groups is 1. The Morgan fingerprint density at radius 1 is 1.29 bits per heavy atom. The minimum absolute atomic E-state index is 0.206. The van der Waals surface area contributed by atoms with E-state index in [0.717, 1.165) is 18.5 Å². The van der Waals surface area contributed by atoms with Crippen LogP contribution >= 0.6 is 0 Å². The van der Waals surface area contributed by atoms with Crippen LogP contribution in [0.4, 0.5) is 5.95 Å². The molecule has 1 aliphatic rings. The quantitative estimate of drug-likeness (QED) is 0.796. The van der Waals surface area contributed by atoms with Crippen molar-refractivity contribution >= 4 is 23.0 Å². The molecule has 1 saturated carbocycles. The average molecular weight is 325 g/mol. The third-order valence-electron chi connectivity index (χ3n) is 4.42. The third kappa shape index (κ3) is 2.89. The highest BCUT2D eigenvalue weighted by molar-refractivity contribution is 6.03. The molecule has 3 aromatic rings. The van der Waals surface area contributed by atoms with Gasteiger partial charge in [-0.3, -0.25) is 10.1 Å². The molecule has 1 aliphatic carbocycles. The van der Waals surface area contributed by atoms with E-state index < -0.39 is 0 Å². The average Bonchev–Trinajstić information content (AvgIpc) is 3.22. The molecule has 0 aromatic carbocycles. The van der Waals surface area contributed by atoms with Crippen LogP contribution in [0.5, 0.6) is 0 Å². The van der Waals surface area contributed by atoms with Crippen molar-refractivity contribution < 1.29 is 9.21 Å². The largest absolute Gasteiger partial charge is 0.449 e. The second kappa shape index (κ2) is 6.07. The molecule has 1 fully saturated rings. The molecule has 3 heterocycles. The van der Waals surface area contributed by atoms with E-state index in [1.807, 2.05) is 23.7 Å². The van der Waals surface area contributed by atoms with Gasteiger partial charge in [0.25, 0.3) is 5.91 Å². The van der Waals surface area contributed by atoms with E-state index in [-0.39, 0.29) is 11.7 Å². The van der Waals surface area contributed by atoms with Gasteiger partial charge in [0.05, 0.1) is 6.04 Å². The predicted octanol–water partition coefficient (Wildman–Crippen LogP) is 3.49. The fourth-order valence-corrected chi connectivity index (χ4v) is 3.15. The molecule has 0 bridgehead atoms. The molecule has 0 aliphatic heterocycles. The van der Waals surface area contributed by atoms with E-state index in [4.69, 9.17) is 4.42 Å². The smallest absolute Gasteiger partial charge is 0.293 e. The summed E-state index contributed by atoms with van der Waals surface area (Å²) >= 11 is 0. The third-order valence-corrected chi connectivity index (χ3v) is 4.42. The van der Waals surface area contributed by atoms with Crippen LogP contribution in [0.15, 0.2) is 28.9 Å². The molecule has 24 heavy (non-hydrogen) atoms. The van der Waals surface area contributed by atoms with Crippen LogP contribution in [0.1, 0.15) is 54.4 Å². The van der Waals surface area contributed by atoms with Crippen LogP contribution in [0.2, 0.25) is 0 Å². The van der Waals surface area contributed by atoms with Crippen molar-refractivity contribution in [3.8, 4) is 0 Å². The first-order chi connectivity index (χ1) is 11.7. The normalized spacial score (nSPS) is 15.7. The van der Waals surface area contributed by atoms with Crippen molar-refractivity contribution in [1.29, 1.82) is 0 Å². The zero-order valence-electron chi connectivity index (χ0n) is 13.5. The number of hydrogen-bond donors (Lipinski definition) is 1. The van der Waals surface area contributed by atoms with Crippen LogP contribution in [0, 0.1) is 6.92 Å². The standard InChI is InChI=1S/C17H19N5O2/c1-11-7-8-14-13(19-11)9-15(24-14)16(23)20-17-18-10-22(21-17)12-5-3-2-4-6-12/h7-10,12H,2-6H2,1H3,(H,20,21,23). The van der Waals surface area contributed by atoms with E-state index in [1.165, 1.54) is 19.3 Å². The number of amides is 1. The number of fused-ring (bicyclic) bond motifs is 1.